The predicted molar refractivity (Wildman–Crippen MR) is 119 cm³/mol. The average Bonchev–Trinajstić information content (AvgIpc) is 2.69. The summed E-state index contributed by atoms with van der Waals surface area (Å²) in [5.41, 5.74) is 10.6. The summed E-state index contributed by atoms with van der Waals surface area (Å²) in [5, 5.41) is 24.2. The second-order valence-corrected chi connectivity index (χ2v) is 7.65. The van der Waals surface area contributed by atoms with Crippen molar-refractivity contribution in [1.29, 1.82) is 0 Å². The van der Waals surface area contributed by atoms with E-state index in [2.05, 4.69) is 36.3 Å². The molecule has 0 bridgehead atoms. The Balaban J connectivity index is 1.94. The summed E-state index contributed by atoms with van der Waals surface area (Å²) in [7, 11) is 0. The van der Waals surface area contributed by atoms with Gasteiger partial charge in [0.25, 0.3) is 0 Å². The largest absolute Gasteiger partial charge is 0.411 e. The highest BCUT2D eigenvalue weighted by Crippen LogP contribution is 2.23. The molecule has 162 valence electrons. The van der Waals surface area contributed by atoms with E-state index in [1.165, 1.54) is 12.4 Å². The fraction of sp³-hybridized carbons (Fsp3) is 0.417. The molecule has 0 radical (unpaired) electrons. The first kappa shape index (κ1) is 23.6. The van der Waals surface area contributed by atoms with Crippen LogP contribution < -0.4 is 0 Å². The van der Waals surface area contributed by atoms with Crippen LogP contribution in [0.4, 0.5) is 0 Å². The molecule has 2 rings (SSSR count). The molecule has 0 saturated heterocycles. The van der Waals surface area contributed by atoms with Gasteiger partial charge in [0.05, 0.1) is 38.9 Å². The smallest absolute Gasteiger partial charge is 0.0739 e. The molecule has 0 aromatic heterocycles. The van der Waals surface area contributed by atoms with Crippen molar-refractivity contribution in [3.05, 3.63) is 67.8 Å². The lowest BCUT2D eigenvalue weighted by Crippen LogP contribution is -2.09. The highest BCUT2D eigenvalue weighted by atomic mass is 16.5. The van der Waals surface area contributed by atoms with Gasteiger partial charge in [0.15, 0.2) is 0 Å². The summed E-state index contributed by atoms with van der Waals surface area (Å²) in [6.07, 6.45) is 2.94. The van der Waals surface area contributed by atoms with Crippen LogP contribution in [0.5, 0.6) is 0 Å². The third-order valence-corrected chi connectivity index (χ3v) is 5.62. The van der Waals surface area contributed by atoms with Crippen LogP contribution in [0.15, 0.2) is 22.4 Å². The van der Waals surface area contributed by atoms with E-state index in [-0.39, 0.29) is 0 Å². The van der Waals surface area contributed by atoms with Crippen molar-refractivity contribution >= 4 is 12.4 Å². The molecule has 2 aromatic rings. The molecule has 0 heterocycles. The summed E-state index contributed by atoms with van der Waals surface area (Å²) in [6, 6.07) is 4.16. The van der Waals surface area contributed by atoms with Gasteiger partial charge in [-0.3, -0.25) is 0 Å². The van der Waals surface area contributed by atoms with Crippen molar-refractivity contribution in [2.24, 2.45) is 10.3 Å². The number of oxime groups is 2. The molecule has 0 atom stereocenters. The highest BCUT2D eigenvalue weighted by molar-refractivity contribution is 5.84. The first-order chi connectivity index (χ1) is 14.3. The lowest BCUT2D eigenvalue weighted by Gasteiger charge is -2.16. The van der Waals surface area contributed by atoms with Crippen LogP contribution in [0.25, 0.3) is 0 Å². The van der Waals surface area contributed by atoms with E-state index in [1.807, 2.05) is 27.7 Å². The fourth-order valence-corrected chi connectivity index (χ4v) is 3.91. The molecular weight excluding hydrogens is 380 g/mol. The summed E-state index contributed by atoms with van der Waals surface area (Å²) in [4.78, 5) is 0. The molecule has 6 nitrogen and oxygen atoms in total. The Labute approximate surface area is 178 Å². The van der Waals surface area contributed by atoms with E-state index in [1.54, 1.807) is 0 Å². The second kappa shape index (κ2) is 10.9. The highest BCUT2D eigenvalue weighted by Gasteiger charge is 2.12. The summed E-state index contributed by atoms with van der Waals surface area (Å²) < 4.78 is 11.7. The normalized spacial score (nSPS) is 11.8. The zero-order valence-electron chi connectivity index (χ0n) is 18.7. The Morgan fingerprint density at radius 3 is 1.37 bits per heavy atom. The first-order valence-corrected chi connectivity index (χ1v) is 10.0. The van der Waals surface area contributed by atoms with Gasteiger partial charge in [-0.2, -0.15) is 0 Å². The minimum atomic E-state index is 0.477. The quantitative estimate of drug-likeness (QED) is 0.266. The van der Waals surface area contributed by atoms with Crippen LogP contribution in [0.3, 0.4) is 0 Å². The SMILES string of the molecule is Cc1cc(C)c(COCCOCc2c(C)cc(C)c(/C=N\O)c2C)c(C)c1/C=N\O. The number of hydrogen-bond acceptors (Lipinski definition) is 6. The van der Waals surface area contributed by atoms with Crippen LogP contribution in [0.1, 0.15) is 55.6 Å². The minimum absolute atomic E-state index is 0.477. The van der Waals surface area contributed by atoms with Crippen LogP contribution in [0.2, 0.25) is 0 Å². The fourth-order valence-electron chi connectivity index (χ4n) is 3.91. The van der Waals surface area contributed by atoms with Crippen molar-refractivity contribution in [1.82, 2.24) is 0 Å². The number of nitrogens with zero attached hydrogens (tertiary/aromatic N) is 2. The Bertz CT molecular complexity index is 872. The molecular formula is C24H32N2O4. The molecule has 0 aliphatic heterocycles. The molecule has 6 heteroatoms. The first-order valence-electron chi connectivity index (χ1n) is 10.0. The van der Waals surface area contributed by atoms with Gasteiger partial charge >= 0.3 is 0 Å². The lowest BCUT2D eigenvalue weighted by molar-refractivity contribution is 0.0333. The Hall–Kier alpha value is -2.70. The number of hydrogen-bond donors (Lipinski definition) is 2. The minimum Gasteiger partial charge on any atom is -0.411 e. The molecule has 0 saturated carbocycles. The van der Waals surface area contributed by atoms with Crippen molar-refractivity contribution < 1.29 is 19.9 Å². The molecule has 0 fully saturated rings. The molecule has 0 spiro atoms. The molecule has 0 amide bonds. The predicted octanol–water partition coefficient (Wildman–Crippen LogP) is 4.89. The van der Waals surface area contributed by atoms with Gasteiger partial charge in [0.2, 0.25) is 0 Å². The van der Waals surface area contributed by atoms with E-state index in [4.69, 9.17) is 19.9 Å². The van der Waals surface area contributed by atoms with Crippen molar-refractivity contribution in [2.45, 2.75) is 54.8 Å². The van der Waals surface area contributed by atoms with E-state index in [9.17, 15) is 0 Å². The van der Waals surface area contributed by atoms with Gasteiger partial charge in [0.1, 0.15) is 0 Å². The Morgan fingerprint density at radius 1 is 0.667 bits per heavy atom. The van der Waals surface area contributed by atoms with Gasteiger partial charge < -0.3 is 19.9 Å². The van der Waals surface area contributed by atoms with Gasteiger partial charge in [-0.15, -0.1) is 0 Å². The number of aryl methyl sites for hydroxylation is 4. The third-order valence-electron chi connectivity index (χ3n) is 5.62. The van der Waals surface area contributed by atoms with E-state index >= 15 is 0 Å². The molecule has 2 aromatic carbocycles. The van der Waals surface area contributed by atoms with Crippen molar-refractivity contribution in [2.75, 3.05) is 13.2 Å². The van der Waals surface area contributed by atoms with Crippen molar-refractivity contribution in [3.63, 3.8) is 0 Å². The Kier molecular flexibility index (Phi) is 8.57. The van der Waals surface area contributed by atoms with Crippen LogP contribution in [-0.4, -0.2) is 36.1 Å². The van der Waals surface area contributed by atoms with Gasteiger partial charge in [0, 0.05) is 11.1 Å². The van der Waals surface area contributed by atoms with E-state index < -0.39 is 0 Å². The molecule has 0 aliphatic carbocycles. The van der Waals surface area contributed by atoms with Crippen molar-refractivity contribution in [3.8, 4) is 0 Å². The maximum Gasteiger partial charge on any atom is 0.0739 e. The van der Waals surface area contributed by atoms with Gasteiger partial charge in [-0.05, 0) is 86.1 Å². The third kappa shape index (κ3) is 5.46. The zero-order chi connectivity index (χ0) is 22.3. The number of ether oxygens (including phenoxy) is 2. The van der Waals surface area contributed by atoms with Crippen LogP contribution in [0, 0.1) is 41.5 Å². The lowest BCUT2D eigenvalue weighted by atomic mass is 9.94. The average molecular weight is 413 g/mol. The molecule has 0 unspecified atom stereocenters. The van der Waals surface area contributed by atoms with Crippen LogP contribution >= 0.6 is 0 Å². The zero-order valence-corrected chi connectivity index (χ0v) is 18.7. The maximum atomic E-state index is 8.90. The van der Waals surface area contributed by atoms with Gasteiger partial charge in [-0.25, -0.2) is 0 Å². The molecule has 2 N–H and O–H groups in total. The number of benzene rings is 2. The molecule has 30 heavy (non-hydrogen) atoms. The van der Waals surface area contributed by atoms with E-state index in [0.29, 0.717) is 26.4 Å². The number of rotatable bonds is 9. The second-order valence-electron chi connectivity index (χ2n) is 7.65. The summed E-state index contributed by atoms with van der Waals surface area (Å²) in [6.45, 7) is 14.1. The summed E-state index contributed by atoms with van der Waals surface area (Å²) >= 11 is 0. The molecule has 0 aliphatic rings. The van der Waals surface area contributed by atoms with Gasteiger partial charge in [-0.1, -0.05) is 22.4 Å². The summed E-state index contributed by atoms with van der Waals surface area (Å²) in [5.74, 6) is 0. The van der Waals surface area contributed by atoms with Crippen LogP contribution in [-0.2, 0) is 22.7 Å². The maximum absolute atomic E-state index is 8.90. The topological polar surface area (TPSA) is 83.6 Å². The standard InChI is InChI=1S/C24H32N2O4/c1-15-9-17(3)23(19(5)21(15)11-25-27)13-29-7-8-30-14-24-18(4)10-16(2)22(12-26-28)20(24)6/h9-12,27-28H,7-8,13-14H2,1-6H3/b25-11-,26-12-. The Morgan fingerprint density at radius 2 is 1.03 bits per heavy atom. The monoisotopic (exact) mass is 412 g/mol. The van der Waals surface area contributed by atoms with E-state index in [0.717, 1.165) is 55.6 Å².